The van der Waals surface area contributed by atoms with Crippen LogP contribution in [-0.4, -0.2) is 60.6 Å². The summed E-state index contributed by atoms with van der Waals surface area (Å²) in [5.74, 6) is 0.0776. The van der Waals surface area contributed by atoms with Gasteiger partial charge in [-0.05, 0) is 43.0 Å². The van der Waals surface area contributed by atoms with Gasteiger partial charge < -0.3 is 20.3 Å². The number of fused-ring (bicyclic) bond motifs is 1. The van der Waals surface area contributed by atoms with Crippen LogP contribution in [0.4, 0.5) is 16.2 Å². The molecule has 0 unspecified atom stereocenters. The Morgan fingerprint density at radius 1 is 1.28 bits per heavy atom. The number of urea groups is 1. The van der Waals surface area contributed by atoms with E-state index in [2.05, 4.69) is 15.5 Å². The average molecular weight is 344 g/mol. The van der Waals surface area contributed by atoms with Gasteiger partial charge in [0.25, 0.3) is 0 Å². The van der Waals surface area contributed by atoms with Gasteiger partial charge >= 0.3 is 6.03 Å². The van der Waals surface area contributed by atoms with Crippen LogP contribution in [0.25, 0.3) is 0 Å². The van der Waals surface area contributed by atoms with Crippen LogP contribution in [0.5, 0.6) is 0 Å². The molecule has 7 heteroatoms. The molecule has 2 N–H and O–H groups in total. The molecule has 0 bridgehead atoms. The number of anilines is 2. The summed E-state index contributed by atoms with van der Waals surface area (Å²) in [7, 11) is 1.76. The molecule has 25 heavy (non-hydrogen) atoms. The maximum Gasteiger partial charge on any atom is 0.321 e. The van der Waals surface area contributed by atoms with Gasteiger partial charge in [-0.3, -0.25) is 9.69 Å². The van der Waals surface area contributed by atoms with Gasteiger partial charge in [-0.1, -0.05) is 0 Å². The van der Waals surface area contributed by atoms with E-state index < -0.39 is 0 Å². The lowest BCUT2D eigenvalue weighted by Crippen LogP contribution is -2.63. The zero-order valence-corrected chi connectivity index (χ0v) is 14.5. The van der Waals surface area contributed by atoms with Crippen molar-refractivity contribution in [2.45, 2.75) is 31.3 Å². The van der Waals surface area contributed by atoms with E-state index in [0.29, 0.717) is 19.8 Å². The molecule has 0 radical (unpaired) electrons. The van der Waals surface area contributed by atoms with Crippen molar-refractivity contribution in [3.8, 4) is 0 Å². The van der Waals surface area contributed by atoms with Crippen molar-refractivity contribution in [3.63, 3.8) is 0 Å². The highest BCUT2D eigenvalue weighted by Crippen LogP contribution is 2.39. The van der Waals surface area contributed by atoms with E-state index in [-0.39, 0.29) is 17.5 Å². The molecular weight excluding hydrogens is 320 g/mol. The number of amides is 3. The molecule has 2 fully saturated rings. The van der Waals surface area contributed by atoms with E-state index in [1.165, 1.54) is 0 Å². The highest BCUT2D eigenvalue weighted by atomic mass is 16.5. The van der Waals surface area contributed by atoms with Crippen LogP contribution in [0.1, 0.15) is 24.8 Å². The average Bonchev–Trinajstić information content (AvgIpc) is 2.56. The molecular formula is C18H24N4O3. The van der Waals surface area contributed by atoms with Crippen LogP contribution in [0.15, 0.2) is 18.2 Å². The normalized spacial score (nSPS) is 22.6. The number of hydrogen-bond acceptors (Lipinski definition) is 4. The van der Waals surface area contributed by atoms with Crippen molar-refractivity contribution in [1.82, 2.24) is 9.80 Å². The Labute approximate surface area is 147 Å². The van der Waals surface area contributed by atoms with Gasteiger partial charge in [0.2, 0.25) is 5.91 Å². The molecule has 4 rings (SSSR count). The van der Waals surface area contributed by atoms with Crippen LogP contribution >= 0.6 is 0 Å². The quantitative estimate of drug-likeness (QED) is 0.878. The largest absolute Gasteiger partial charge is 0.379 e. The molecule has 134 valence electrons. The van der Waals surface area contributed by atoms with Gasteiger partial charge in [-0.25, -0.2) is 4.79 Å². The number of rotatable bonds is 3. The lowest BCUT2D eigenvalue weighted by atomic mass is 9.74. The standard InChI is InChI=1S/C18H24N4O3/c1-21-12-13-11-14(3-4-15(13)20-17(21)24)19-16(23)18(5-2-6-18)22-7-9-25-10-8-22/h3-4,11H,2,5-10,12H2,1H3,(H,19,23)(H,20,24). The molecule has 3 amide bonds. The number of nitrogens with one attached hydrogen (secondary N) is 2. The first kappa shape index (κ1) is 16.4. The molecule has 0 aromatic heterocycles. The summed E-state index contributed by atoms with van der Waals surface area (Å²) in [4.78, 5) is 28.6. The summed E-state index contributed by atoms with van der Waals surface area (Å²) in [5, 5.41) is 5.95. The summed E-state index contributed by atoms with van der Waals surface area (Å²) in [6.45, 7) is 3.56. The predicted octanol–water partition coefficient (Wildman–Crippen LogP) is 1.86. The number of nitrogens with zero attached hydrogens (tertiary/aromatic N) is 2. The van der Waals surface area contributed by atoms with Crippen molar-refractivity contribution >= 4 is 23.3 Å². The van der Waals surface area contributed by atoms with Crippen LogP contribution in [0.3, 0.4) is 0 Å². The molecule has 2 heterocycles. The maximum absolute atomic E-state index is 13.0. The number of benzene rings is 1. The first-order valence-corrected chi connectivity index (χ1v) is 8.88. The minimum Gasteiger partial charge on any atom is -0.379 e. The third-order valence-electron chi connectivity index (χ3n) is 5.58. The fourth-order valence-corrected chi connectivity index (χ4v) is 3.90. The molecule has 2 aliphatic heterocycles. The van der Waals surface area contributed by atoms with Gasteiger partial charge in [0.15, 0.2) is 0 Å². The molecule has 7 nitrogen and oxygen atoms in total. The van der Waals surface area contributed by atoms with Crippen LogP contribution in [0, 0.1) is 0 Å². The summed E-state index contributed by atoms with van der Waals surface area (Å²) in [5.41, 5.74) is 2.22. The second-order valence-corrected chi connectivity index (χ2v) is 7.10. The fourth-order valence-electron chi connectivity index (χ4n) is 3.90. The Morgan fingerprint density at radius 2 is 2.04 bits per heavy atom. The molecule has 0 atom stereocenters. The Bertz CT molecular complexity index is 696. The Morgan fingerprint density at radius 3 is 2.72 bits per heavy atom. The summed E-state index contributed by atoms with van der Waals surface area (Å²) < 4.78 is 5.43. The number of morpholine rings is 1. The zero-order valence-electron chi connectivity index (χ0n) is 14.5. The molecule has 0 spiro atoms. The zero-order chi connectivity index (χ0) is 17.4. The second-order valence-electron chi connectivity index (χ2n) is 7.10. The van der Waals surface area contributed by atoms with E-state index >= 15 is 0 Å². The van der Waals surface area contributed by atoms with Crippen LogP contribution < -0.4 is 10.6 Å². The lowest BCUT2D eigenvalue weighted by Gasteiger charge is -2.50. The van der Waals surface area contributed by atoms with Gasteiger partial charge in [0.05, 0.1) is 13.2 Å². The minimum absolute atomic E-state index is 0.0776. The molecule has 1 aromatic rings. The van der Waals surface area contributed by atoms with Crippen molar-refractivity contribution in [2.24, 2.45) is 0 Å². The molecule has 1 aromatic carbocycles. The van der Waals surface area contributed by atoms with Crippen LogP contribution in [-0.2, 0) is 16.1 Å². The maximum atomic E-state index is 13.0. The monoisotopic (exact) mass is 344 g/mol. The van der Waals surface area contributed by atoms with Crippen molar-refractivity contribution in [3.05, 3.63) is 23.8 Å². The van der Waals surface area contributed by atoms with Gasteiger partial charge in [-0.2, -0.15) is 0 Å². The fraction of sp³-hybridized carbons (Fsp3) is 0.556. The summed E-state index contributed by atoms with van der Waals surface area (Å²) in [6, 6.07) is 5.56. The predicted molar refractivity (Wildman–Crippen MR) is 94.5 cm³/mol. The number of ether oxygens (including phenoxy) is 1. The first-order valence-electron chi connectivity index (χ1n) is 8.88. The SMILES string of the molecule is CN1Cc2cc(NC(=O)C3(N4CCOCC4)CCC3)ccc2NC1=O. The van der Waals surface area contributed by atoms with E-state index in [0.717, 1.165) is 49.3 Å². The molecule has 1 saturated heterocycles. The lowest BCUT2D eigenvalue weighted by molar-refractivity contribution is -0.139. The molecule has 1 aliphatic carbocycles. The third kappa shape index (κ3) is 2.87. The topological polar surface area (TPSA) is 73.9 Å². The minimum atomic E-state index is -0.384. The van der Waals surface area contributed by atoms with E-state index in [1.807, 2.05) is 18.2 Å². The third-order valence-corrected chi connectivity index (χ3v) is 5.58. The molecule has 3 aliphatic rings. The van der Waals surface area contributed by atoms with E-state index in [9.17, 15) is 9.59 Å². The Balaban J connectivity index is 1.51. The highest BCUT2D eigenvalue weighted by molar-refractivity contribution is 5.99. The van der Waals surface area contributed by atoms with Gasteiger partial charge in [-0.15, -0.1) is 0 Å². The van der Waals surface area contributed by atoms with E-state index in [4.69, 9.17) is 4.74 Å². The first-order chi connectivity index (χ1) is 12.1. The smallest absolute Gasteiger partial charge is 0.321 e. The second kappa shape index (κ2) is 6.31. The van der Waals surface area contributed by atoms with Crippen molar-refractivity contribution in [2.75, 3.05) is 44.0 Å². The van der Waals surface area contributed by atoms with Gasteiger partial charge in [0.1, 0.15) is 5.54 Å². The number of carbonyl (C=O) groups is 2. The highest BCUT2D eigenvalue weighted by Gasteiger charge is 2.49. The van der Waals surface area contributed by atoms with E-state index in [1.54, 1.807) is 11.9 Å². The van der Waals surface area contributed by atoms with Crippen LogP contribution in [0.2, 0.25) is 0 Å². The van der Waals surface area contributed by atoms with Crippen molar-refractivity contribution < 1.29 is 14.3 Å². The number of carbonyl (C=O) groups excluding carboxylic acids is 2. The Kier molecular flexibility index (Phi) is 4.13. The summed E-state index contributed by atoms with van der Waals surface area (Å²) >= 11 is 0. The number of hydrogen-bond donors (Lipinski definition) is 2. The van der Waals surface area contributed by atoms with Gasteiger partial charge in [0, 0.05) is 38.1 Å². The Hall–Kier alpha value is -2.12. The molecule has 1 saturated carbocycles. The van der Waals surface area contributed by atoms with Crippen molar-refractivity contribution in [1.29, 1.82) is 0 Å². The summed E-state index contributed by atoms with van der Waals surface area (Å²) in [6.07, 6.45) is 2.90.